The summed E-state index contributed by atoms with van der Waals surface area (Å²) in [6, 6.07) is 5.64. The van der Waals surface area contributed by atoms with Gasteiger partial charge in [-0.3, -0.25) is 0 Å². The van der Waals surface area contributed by atoms with E-state index in [-0.39, 0.29) is 0 Å². The van der Waals surface area contributed by atoms with Crippen molar-refractivity contribution in [1.29, 1.82) is 0 Å². The SMILES string of the molecule is CSCCNc1cccc(NN)n1. The Hall–Kier alpha value is -0.940. The fraction of sp³-hybridized carbons (Fsp3) is 0.375. The van der Waals surface area contributed by atoms with Crippen molar-refractivity contribution in [2.45, 2.75) is 0 Å². The van der Waals surface area contributed by atoms with Gasteiger partial charge in [-0.05, 0) is 18.4 Å². The van der Waals surface area contributed by atoms with Crippen molar-refractivity contribution in [3.05, 3.63) is 18.2 Å². The Morgan fingerprint density at radius 1 is 1.46 bits per heavy atom. The second kappa shape index (κ2) is 5.66. The van der Waals surface area contributed by atoms with E-state index in [1.165, 1.54) is 0 Å². The first-order valence-electron chi connectivity index (χ1n) is 4.03. The van der Waals surface area contributed by atoms with Crippen LogP contribution in [-0.2, 0) is 0 Å². The van der Waals surface area contributed by atoms with E-state index in [1.54, 1.807) is 11.8 Å². The predicted molar refractivity (Wildman–Crippen MR) is 58.9 cm³/mol. The fourth-order valence-corrected chi connectivity index (χ4v) is 1.20. The first kappa shape index (κ1) is 10.1. The normalized spacial score (nSPS) is 9.69. The fourth-order valence-electron chi connectivity index (χ4n) is 0.895. The molecule has 0 unspecified atom stereocenters. The number of nitrogens with one attached hydrogen (secondary N) is 2. The Morgan fingerprint density at radius 3 is 2.92 bits per heavy atom. The highest BCUT2D eigenvalue weighted by atomic mass is 32.2. The Morgan fingerprint density at radius 2 is 2.23 bits per heavy atom. The van der Waals surface area contributed by atoms with Crippen LogP contribution in [0.2, 0.25) is 0 Å². The molecule has 0 spiro atoms. The highest BCUT2D eigenvalue weighted by Crippen LogP contribution is 2.07. The molecule has 0 radical (unpaired) electrons. The van der Waals surface area contributed by atoms with Crippen LogP contribution in [0.3, 0.4) is 0 Å². The minimum atomic E-state index is 0.675. The lowest BCUT2D eigenvalue weighted by atomic mass is 10.4. The van der Waals surface area contributed by atoms with E-state index in [1.807, 2.05) is 18.2 Å². The van der Waals surface area contributed by atoms with Gasteiger partial charge in [-0.2, -0.15) is 11.8 Å². The van der Waals surface area contributed by atoms with Gasteiger partial charge in [0.1, 0.15) is 11.6 Å². The van der Waals surface area contributed by atoms with Crippen LogP contribution in [0.25, 0.3) is 0 Å². The minimum absolute atomic E-state index is 0.675. The van der Waals surface area contributed by atoms with E-state index in [2.05, 4.69) is 22.0 Å². The molecule has 1 aromatic rings. The Bertz CT molecular complexity index is 254. The van der Waals surface area contributed by atoms with E-state index < -0.39 is 0 Å². The van der Waals surface area contributed by atoms with Gasteiger partial charge in [-0.25, -0.2) is 10.8 Å². The van der Waals surface area contributed by atoms with Gasteiger partial charge in [0.15, 0.2) is 0 Å². The van der Waals surface area contributed by atoms with Gasteiger partial charge in [0.05, 0.1) is 0 Å². The Balaban J connectivity index is 2.46. The van der Waals surface area contributed by atoms with E-state index >= 15 is 0 Å². The van der Waals surface area contributed by atoms with Gasteiger partial charge in [0, 0.05) is 12.3 Å². The van der Waals surface area contributed by atoms with Crippen LogP contribution in [0.1, 0.15) is 0 Å². The Labute approximate surface area is 82.3 Å². The van der Waals surface area contributed by atoms with E-state index in [0.29, 0.717) is 5.82 Å². The van der Waals surface area contributed by atoms with Crippen molar-refractivity contribution in [1.82, 2.24) is 4.98 Å². The van der Waals surface area contributed by atoms with E-state index in [9.17, 15) is 0 Å². The molecule has 0 amide bonds. The van der Waals surface area contributed by atoms with Gasteiger partial charge >= 0.3 is 0 Å². The lowest BCUT2D eigenvalue weighted by Crippen LogP contribution is -2.10. The number of nitrogens with two attached hydrogens (primary N) is 1. The monoisotopic (exact) mass is 198 g/mol. The number of aromatic nitrogens is 1. The summed E-state index contributed by atoms with van der Waals surface area (Å²) >= 11 is 1.80. The third-order valence-corrected chi connectivity index (χ3v) is 2.12. The second-order valence-corrected chi connectivity index (χ2v) is 3.46. The molecule has 72 valence electrons. The van der Waals surface area contributed by atoms with Crippen LogP contribution >= 0.6 is 11.8 Å². The number of hydrogen-bond acceptors (Lipinski definition) is 5. The van der Waals surface area contributed by atoms with Crippen LogP contribution in [-0.4, -0.2) is 23.5 Å². The van der Waals surface area contributed by atoms with Crippen LogP contribution in [0.15, 0.2) is 18.2 Å². The zero-order chi connectivity index (χ0) is 9.52. The predicted octanol–water partition coefficient (Wildman–Crippen LogP) is 1.14. The lowest BCUT2D eigenvalue weighted by Gasteiger charge is -2.05. The zero-order valence-electron chi connectivity index (χ0n) is 7.58. The number of nitrogens with zero attached hydrogens (tertiary/aromatic N) is 1. The highest BCUT2D eigenvalue weighted by Gasteiger charge is 1.93. The van der Waals surface area contributed by atoms with Crippen LogP contribution < -0.4 is 16.6 Å². The maximum atomic E-state index is 5.23. The van der Waals surface area contributed by atoms with Crippen molar-refractivity contribution >= 4 is 23.4 Å². The molecular weight excluding hydrogens is 184 g/mol. The largest absolute Gasteiger partial charge is 0.369 e. The molecular formula is C8H14N4S. The molecule has 4 nitrogen and oxygen atoms in total. The molecule has 0 fully saturated rings. The molecule has 0 atom stereocenters. The smallest absolute Gasteiger partial charge is 0.142 e. The number of anilines is 2. The summed E-state index contributed by atoms with van der Waals surface area (Å²) < 4.78 is 0. The molecule has 0 aliphatic heterocycles. The minimum Gasteiger partial charge on any atom is -0.369 e. The molecule has 0 aliphatic rings. The van der Waals surface area contributed by atoms with Crippen molar-refractivity contribution < 1.29 is 0 Å². The summed E-state index contributed by atoms with van der Waals surface area (Å²) in [4.78, 5) is 4.21. The van der Waals surface area contributed by atoms with Crippen LogP contribution in [0.5, 0.6) is 0 Å². The highest BCUT2D eigenvalue weighted by molar-refractivity contribution is 7.98. The average molecular weight is 198 g/mol. The maximum Gasteiger partial charge on any atom is 0.142 e. The summed E-state index contributed by atoms with van der Waals surface area (Å²) in [6.45, 7) is 0.919. The first-order valence-corrected chi connectivity index (χ1v) is 5.42. The van der Waals surface area contributed by atoms with Crippen molar-refractivity contribution in [3.8, 4) is 0 Å². The summed E-state index contributed by atoms with van der Waals surface area (Å²) in [6.07, 6.45) is 2.08. The summed E-state index contributed by atoms with van der Waals surface area (Å²) in [5.41, 5.74) is 2.50. The van der Waals surface area contributed by atoms with E-state index in [4.69, 9.17) is 5.84 Å². The van der Waals surface area contributed by atoms with Crippen LogP contribution in [0.4, 0.5) is 11.6 Å². The number of hydrazine groups is 1. The van der Waals surface area contributed by atoms with Gasteiger partial charge < -0.3 is 10.7 Å². The number of thioether (sulfide) groups is 1. The zero-order valence-corrected chi connectivity index (χ0v) is 8.40. The summed E-state index contributed by atoms with van der Waals surface area (Å²) in [7, 11) is 0. The van der Waals surface area contributed by atoms with Gasteiger partial charge in [-0.15, -0.1) is 0 Å². The third kappa shape index (κ3) is 3.52. The molecule has 0 saturated carbocycles. The van der Waals surface area contributed by atoms with Crippen molar-refractivity contribution in [2.24, 2.45) is 5.84 Å². The second-order valence-electron chi connectivity index (χ2n) is 2.47. The lowest BCUT2D eigenvalue weighted by molar-refractivity contribution is 1.15. The molecule has 13 heavy (non-hydrogen) atoms. The summed E-state index contributed by atoms with van der Waals surface area (Å²) in [5.74, 6) is 7.83. The van der Waals surface area contributed by atoms with E-state index in [0.717, 1.165) is 18.1 Å². The van der Waals surface area contributed by atoms with Gasteiger partial charge in [0.2, 0.25) is 0 Å². The molecule has 0 aliphatic carbocycles. The standard InChI is InChI=1S/C8H14N4S/c1-13-6-5-10-7-3-2-4-8(11-7)12-9/h2-4H,5-6,9H2,1H3,(H2,10,11,12). The number of rotatable bonds is 5. The first-order chi connectivity index (χ1) is 6.36. The molecule has 0 bridgehead atoms. The molecule has 0 saturated heterocycles. The number of pyridine rings is 1. The van der Waals surface area contributed by atoms with Gasteiger partial charge in [0.25, 0.3) is 0 Å². The third-order valence-electron chi connectivity index (χ3n) is 1.51. The quantitative estimate of drug-likeness (QED) is 0.376. The molecule has 0 aromatic carbocycles. The molecule has 1 heterocycles. The van der Waals surface area contributed by atoms with Gasteiger partial charge in [-0.1, -0.05) is 6.07 Å². The molecule has 5 heteroatoms. The Kier molecular flexibility index (Phi) is 4.42. The molecule has 1 aromatic heterocycles. The van der Waals surface area contributed by atoms with Crippen molar-refractivity contribution in [3.63, 3.8) is 0 Å². The maximum absolute atomic E-state index is 5.23. The topological polar surface area (TPSA) is 63.0 Å². The molecule has 1 rings (SSSR count). The number of hydrogen-bond donors (Lipinski definition) is 3. The molecule has 4 N–H and O–H groups in total. The van der Waals surface area contributed by atoms with Crippen molar-refractivity contribution in [2.75, 3.05) is 29.3 Å². The summed E-state index contributed by atoms with van der Waals surface area (Å²) in [5, 5.41) is 3.19. The number of nitrogen functional groups attached to an aromatic ring is 1. The average Bonchev–Trinajstić information content (AvgIpc) is 2.19. The van der Waals surface area contributed by atoms with Crippen LogP contribution in [0, 0.1) is 0 Å².